The molecule has 7 N–H and O–H groups in total. The number of carbonyl (C=O) groups is 1. The first-order chi connectivity index (χ1) is 8.47. The second-order valence-corrected chi connectivity index (χ2v) is 3.98. The van der Waals surface area contributed by atoms with Crippen molar-refractivity contribution >= 4 is 11.7 Å². The standard InChI is InChI=1S/C9H14N4O5/c10-7-3(8(11)17)1-12-13(7)9-6(16)5(15)4(2-14)18-9/h1,4-6,9,14-16H,2,10H2,(H2,11,17)/t4-,5-,6-,9-/m0/s1. The third-order valence-electron chi connectivity index (χ3n) is 2.86. The summed E-state index contributed by atoms with van der Waals surface area (Å²) in [4.78, 5) is 11.0. The van der Waals surface area contributed by atoms with Crippen molar-refractivity contribution in [1.29, 1.82) is 0 Å². The highest BCUT2D eigenvalue weighted by atomic mass is 16.6. The van der Waals surface area contributed by atoms with Gasteiger partial charge in [-0.2, -0.15) is 5.10 Å². The summed E-state index contributed by atoms with van der Waals surface area (Å²) >= 11 is 0. The minimum Gasteiger partial charge on any atom is -0.394 e. The Hall–Kier alpha value is -1.68. The van der Waals surface area contributed by atoms with E-state index < -0.39 is 37.1 Å². The summed E-state index contributed by atoms with van der Waals surface area (Å²) in [6.07, 6.45) is -3.45. The van der Waals surface area contributed by atoms with Gasteiger partial charge in [0.15, 0.2) is 6.23 Å². The van der Waals surface area contributed by atoms with Gasteiger partial charge in [-0.25, -0.2) is 4.68 Å². The molecular weight excluding hydrogens is 244 g/mol. The number of aliphatic hydroxyl groups excluding tert-OH is 3. The second kappa shape index (κ2) is 4.53. The van der Waals surface area contributed by atoms with Crippen molar-refractivity contribution in [3.05, 3.63) is 11.8 Å². The lowest BCUT2D eigenvalue weighted by Gasteiger charge is -2.16. The van der Waals surface area contributed by atoms with Crippen molar-refractivity contribution in [3.8, 4) is 0 Å². The number of anilines is 1. The minimum atomic E-state index is -1.31. The molecule has 4 atom stereocenters. The number of nitrogen functional groups attached to an aromatic ring is 1. The Morgan fingerprint density at radius 2 is 2.17 bits per heavy atom. The summed E-state index contributed by atoms with van der Waals surface area (Å²) in [6, 6.07) is 0. The van der Waals surface area contributed by atoms with E-state index in [0.717, 1.165) is 10.9 Å². The van der Waals surface area contributed by atoms with Gasteiger partial charge in [0.05, 0.1) is 12.8 Å². The number of nitrogens with two attached hydrogens (primary N) is 2. The molecule has 9 nitrogen and oxygen atoms in total. The third-order valence-corrected chi connectivity index (χ3v) is 2.86. The highest BCUT2D eigenvalue weighted by molar-refractivity contribution is 5.96. The van der Waals surface area contributed by atoms with Gasteiger partial charge in [-0.05, 0) is 0 Å². The van der Waals surface area contributed by atoms with Crippen LogP contribution in [0.5, 0.6) is 0 Å². The fraction of sp³-hybridized carbons (Fsp3) is 0.556. The van der Waals surface area contributed by atoms with Gasteiger partial charge in [0.25, 0.3) is 5.91 Å². The molecule has 1 aliphatic heterocycles. The highest BCUT2D eigenvalue weighted by Crippen LogP contribution is 2.31. The Balaban J connectivity index is 2.30. The van der Waals surface area contributed by atoms with Crippen LogP contribution in [0.25, 0.3) is 0 Å². The summed E-state index contributed by atoms with van der Waals surface area (Å²) in [5.41, 5.74) is 10.7. The fourth-order valence-electron chi connectivity index (χ4n) is 1.85. The first-order valence-electron chi connectivity index (χ1n) is 5.22. The van der Waals surface area contributed by atoms with Crippen LogP contribution in [0.1, 0.15) is 16.6 Å². The zero-order valence-corrected chi connectivity index (χ0v) is 9.30. The van der Waals surface area contributed by atoms with E-state index in [1.165, 1.54) is 0 Å². The molecule has 0 unspecified atom stereocenters. The predicted molar refractivity (Wildman–Crippen MR) is 58.2 cm³/mol. The molecule has 0 aromatic carbocycles. The quantitative estimate of drug-likeness (QED) is 0.391. The van der Waals surface area contributed by atoms with E-state index in [1.807, 2.05) is 0 Å². The van der Waals surface area contributed by atoms with Gasteiger partial charge < -0.3 is 31.5 Å². The monoisotopic (exact) mass is 258 g/mol. The number of aromatic nitrogens is 2. The number of amides is 1. The molecule has 100 valence electrons. The van der Waals surface area contributed by atoms with Crippen molar-refractivity contribution in [2.45, 2.75) is 24.5 Å². The van der Waals surface area contributed by atoms with E-state index in [-0.39, 0.29) is 11.4 Å². The molecule has 18 heavy (non-hydrogen) atoms. The zero-order valence-electron chi connectivity index (χ0n) is 9.30. The molecule has 2 heterocycles. The molecular formula is C9H14N4O5. The lowest BCUT2D eigenvalue weighted by Crippen LogP contribution is -2.33. The number of hydrogen-bond donors (Lipinski definition) is 5. The summed E-state index contributed by atoms with van der Waals surface area (Å²) in [5, 5.41) is 32.1. The molecule has 1 amide bonds. The van der Waals surface area contributed by atoms with E-state index in [2.05, 4.69) is 5.10 Å². The normalized spacial score (nSPS) is 31.7. The smallest absolute Gasteiger partial charge is 0.254 e. The molecule has 1 saturated heterocycles. The second-order valence-electron chi connectivity index (χ2n) is 3.98. The number of hydrogen-bond acceptors (Lipinski definition) is 7. The van der Waals surface area contributed by atoms with Gasteiger partial charge >= 0.3 is 0 Å². The Morgan fingerprint density at radius 1 is 1.50 bits per heavy atom. The van der Waals surface area contributed by atoms with Crippen LogP contribution in [0.2, 0.25) is 0 Å². The van der Waals surface area contributed by atoms with E-state index in [9.17, 15) is 15.0 Å². The average molecular weight is 258 g/mol. The first kappa shape index (κ1) is 12.8. The Labute approximate surface area is 102 Å². The summed E-state index contributed by atoms with van der Waals surface area (Å²) in [6.45, 7) is -0.460. The van der Waals surface area contributed by atoms with Crippen LogP contribution in [0.4, 0.5) is 5.82 Å². The van der Waals surface area contributed by atoms with Crippen LogP contribution in [0.15, 0.2) is 6.20 Å². The van der Waals surface area contributed by atoms with Gasteiger partial charge in [0.1, 0.15) is 29.7 Å². The molecule has 1 aliphatic rings. The van der Waals surface area contributed by atoms with Gasteiger partial charge in [-0.15, -0.1) is 0 Å². The zero-order chi connectivity index (χ0) is 13.4. The average Bonchev–Trinajstić information content (AvgIpc) is 2.82. The maximum Gasteiger partial charge on any atom is 0.254 e. The van der Waals surface area contributed by atoms with Crippen molar-refractivity contribution in [2.75, 3.05) is 12.3 Å². The van der Waals surface area contributed by atoms with E-state index >= 15 is 0 Å². The number of carbonyl (C=O) groups excluding carboxylic acids is 1. The van der Waals surface area contributed by atoms with Crippen molar-refractivity contribution in [1.82, 2.24) is 9.78 Å². The van der Waals surface area contributed by atoms with Crippen LogP contribution < -0.4 is 11.5 Å². The number of rotatable bonds is 3. The third kappa shape index (κ3) is 1.82. The lowest BCUT2D eigenvalue weighted by molar-refractivity contribution is -0.0574. The minimum absolute atomic E-state index is 0.00672. The van der Waals surface area contributed by atoms with Crippen LogP contribution in [-0.4, -0.2) is 55.9 Å². The summed E-state index contributed by atoms with van der Waals surface area (Å²) < 4.78 is 6.26. The largest absolute Gasteiger partial charge is 0.394 e. The van der Waals surface area contributed by atoms with E-state index in [1.54, 1.807) is 0 Å². The molecule has 1 aromatic heterocycles. The van der Waals surface area contributed by atoms with E-state index in [0.29, 0.717) is 0 Å². The maximum atomic E-state index is 11.0. The number of primary amides is 1. The molecule has 9 heteroatoms. The molecule has 0 spiro atoms. The van der Waals surface area contributed by atoms with Crippen LogP contribution in [0, 0.1) is 0 Å². The van der Waals surface area contributed by atoms with Gasteiger partial charge in [0, 0.05) is 0 Å². The van der Waals surface area contributed by atoms with Crippen LogP contribution in [0.3, 0.4) is 0 Å². The van der Waals surface area contributed by atoms with Gasteiger partial charge in [0.2, 0.25) is 0 Å². The van der Waals surface area contributed by atoms with Gasteiger partial charge in [-0.3, -0.25) is 4.79 Å². The SMILES string of the molecule is NC(=O)c1cnn([C@H]2O[C@@H](CO)[C@H](O)[C@@H]2O)c1N. The fourth-order valence-corrected chi connectivity index (χ4v) is 1.85. The Bertz CT molecular complexity index is 462. The Morgan fingerprint density at radius 3 is 2.61 bits per heavy atom. The molecule has 0 aliphatic carbocycles. The molecule has 0 saturated carbocycles. The summed E-state index contributed by atoms with van der Waals surface area (Å²) in [5.74, 6) is -0.831. The van der Waals surface area contributed by atoms with Crippen molar-refractivity contribution < 1.29 is 24.9 Å². The molecule has 1 fully saturated rings. The van der Waals surface area contributed by atoms with Crippen molar-refractivity contribution in [2.24, 2.45) is 5.73 Å². The number of aliphatic hydroxyl groups is 3. The first-order valence-corrected chi connectivity index (χ1v) is 5.22. The number of ether oxygens (including phenoxy) is 1. The topological polar surface area (TPSA) is 157 Å². The highest BCUT2D eigenvalue weighted by Gasteiger charge is 2.44. The molecule has 0 bridgehead atoms. The van der Waals surface area contributed by atoms with Gasteiger partial charge in [-0.1, -0.05) is 0 Å². The molecule has 0 radical (unpaired) electrons. The van der Waals surface area contributed by atoms with Crippen LogP contribution >= 0.6 is 0 Å². The van der Waals surface area contributed by atoms with E-state index in [4.69, 9.17) is 21.3 Å². The van der Waals surface area contributed by atoms with Crippen LogP contribution in [-0.2, 0) is 4.74 Å². The number of nitrogens with zero attached hydrogens (tertiary/aromatic N) is 2. The lowest BCUT2D eigenvalue weighted by atomic mass is 10.1. The van der Waals surface area contributed by atoms with Crippen molar-refractivity contribution in [3.63, 3.8) is 0 Å². The molecule has 1 aromatic rings. The molecule has 2 rings (SSSR count). The maximum absolute atomic E-state index is 11.0. The summed E-state index contributed by atoms with van der Waals surface area (Å²) in [7, 11) is 0. The Kier molecular flexibility index (Phi) is 3.22. The predicted octanol–water partition coefficient (Wildman–Crippen LogP) is -2.82.